The topological polar surface area (TPSA) is 211 Å². The molecule has 5 rings (SSSR count). The third kappa shape index (κ3) is 11.0. The Morgan fingerprint density at radius 2 is 1.62 bits per heavy atom. The first-order valence-corrected chi connectivity index (χ1v) is 23.3. The maximum absolute atomic E-state index is 14.5. The molecule has 0 spiro atoms. The van der Waals surface area contributed by atoms with Crippen LogP contribution in [0.25, 0.3) is 0 Å². The van der Waals surface area contributed by atoms with E-state index in [1.54, 1.807) is 41.7 Å². The molecule has 0 unspecified atom stereocenters. The van der Waals surface area contributed by atoms with Crippen LogP contribution in [0.15, 0.2) is 29.3 Å². The van der Waals surface area contributed by atoms with E-state index in [1.165, 1.54) is 14.0 Å². The van der Waals surface area contributed by atoms with Gasteiger partial charge in [-0.3, -0.25) is 4.79 Å². The van der Waals surface area contributed by atoms with E-state index in [0.717, 1.165) is 0 Å². The maximum Gasteiger partial charge on any atom is 0.311 e. The van der Waals surface area contributed by atoms with Crippen LogP contribution in [0.1, 0.15) is 102 Å². The highest BCUT2D eigenvalue weighted by Gasteiger charge is 2.59. The van der Waals surface area contributed by atoms with E-state index >= 15 is 0 Å². The van der Waals surface area contributed by atoms with Crippen LogP contribution in [-0.2, 0) is 38.0 Å². The summed E-state index contributed by atoms with van der Waals surface area (Å²) in [7, 11) is 5.07. The highest BCUT2D eigenvalue weighted by Crippen LogP contribution is 2.44. The van der Waals surface area contributed by atoms with Gasteiger partial charge in [0.1, 0.15) is 34.8 Å². The fraction of sp³-hybridized carbons (Fsp3) is 0.830. The van der Waals surface area contributed by atoms with Gasteiger partial charge in [0.25, 0.3) is 6.02 Å². The molecule has 0 aromatic heterocycles. The molecule has 0 aliphatic carbocycles. The van der Waals surface area contributed by atoms with Crippen molar-refractivity contribution in [3.05, 3.63) is 24.3 Å². The number of aliphatic hydroxyl groups is 4. The van der Waals surface area contributed by atoms with Gasteiger partial charge >= 0.3 is 5.97 Å². The van der Waals surface area contributed by atoms with E-state index in [1.807, 2.05) is 70.8 Å². The van der Waals surface area contributed by atoms with Crippen molar-refractivity contribution in [2.24, 2.45) is 22.7 Å². The summed E-state index contributed by atoms with van der Waals surface area (Å²) in [5.41, 5.74) is -5.32. The first kappa shape index (κ1) is 52.3. The molecular formula is C47H80N4O13. The summed E-state index contributed by atoms with van der Waals surface area (Å²) < 4.78 is 51.1. The molecule has 4 saturated heterocycles. The average molecular weight is 909 g/mol. The minimum Gasteiger partial charge on any atom is -0.497 e. The number of esters is 1. The standard InChI is InChI=1S/C47H80N4O13/c1-15-35-46(11,55)39(52)30(7)49-24-26(3)22-44(9,54)40(64-42-38-34(21-27(4)59-42)51(12)43(63-38)50-32-17-19-33(57-13)20-18-32)28(5)37(29(6)41(53)61-35)62-36-23-45(10,58-14)47(56,25-48-16-2)31(8)60-36/h17-20,26-31,34-40,42,48-49,52,54-56H,15-16,21-25H2,1-14H3/t26-,27-,28+,29-,30-,31+,34+,35-,36+,37+,38-,39-,40-,42+,44-,45-,46-,47+/m1/s1. The number of carbonyl (C=O) groups excluding carboxylic acids is 1. The average Bonchev–Trinajstić information content (AvgIpc) is 3.56. The van der Waals surface area contributed by atoms with Crippen molar-refractivity contribution in [2.75, 3.05) is 40.9 Å². The van der Waals surface area contributed by atoms with Gasteiger partial charge in [-0.05, 0) is 111 Å². The largest absolute Gasteiger partial charge is 0.497 e. The number of amidine groups is 1. The number of nitrogens with zero attached hydrogens (tertiary/aromatic N) is 2. The molecular weight excluding hydrogens is 829 g/mol. The molecule has 6 N–H and O–H groups in total. The Balaban J connectivity index is 1.57. The fourth-order valence-corrected chi connectivity index (χ4v) is 10.3. The Labute approximate surface area is 380 Å². The summed E-state index contributed by atoms with van der Waals surface area (Å²) in [5.74, 6) is -1.97. The van der Waals surface area contributed by atoms with Crippen molar-refractivity contribution in [3.8, 4) is 5.75 Å². The zero-order chi connectivity index (χ0) is 47.5. The van der Waals surface area contributed by atoms with Crippen molar-refractivity contribution < 1.29 is 63.1 Å². The molecule has 1 aromatic rings. The van der Waals surface area contributed by atoms with Crippen molar-refractivity contribution in [2.45, 2.75) is 192 Å². The number of methoxy groups -OCH3 is 2. The SMILES string of the molecule is CCNC[C@]1(O)[C@H](C)O[C@@H](O[C@H]2[C@H](C)[C@@H](O[C@@H]3O[C@H](C)C[C@H]4[C@H]3OC(=Nc3ccc(OC)cc3)N4C)[C@](C)(O)C[C@@H](C)CN[C@H](C)[C@@H](O)[C@](C)(O)[C@@H](CC)OC(=O)[C@@H]2C)C[C@@]1(C)OC. The third-order valence-corrected chi connectivity index (χ3v) is 14.5. The Morgan fingerprint density at radius 1 is 0.953 bits per heavy atom. The lowest BCUT2D eigenvalue weighted by Crippen LogP contribution is -2.70. The first-order valence-electron chi connectivity index (χ1n) is 23.3. The lowest BCUT2D eigenvalue weighted by atomic mass is 9.75. The highest BCUT2D eigenvalue weighted by molar-refractivity contribution is 5.79. The zero-order valence-electron chi connectivity index (χ0n) is 40.7. The van der Waals surface area contributed by atoms with Gasteiger partial charge in [0.2, 0.25) is 0 Å². The summed E-state index contributed by atoms with van der Waals surface area (Å²) in [6, 6.07) is 6.94. The quantitative estimate of drug-likeness (QED) is 0.175. The first-order chi connectivity index (χ1) is 30.0. The van der Waals surface area contributed by atoms with Gasteiger partial charge in [0.05, 0.1) is 54.8 Å². The van der Waals surface area contributed by atoms with Crippen LogP contribution in [-0.4, -0.2) is 168 Å². The Bertz CT molecular complexity index is 1700. The molecule has 4 aliphatic rings. The molecule has 17 heteroatoms. The zero-order valence-corrected chi connectivity index (χ0v) is 40.7. The predicted molar refractivity (Wildman–Crippen MR) is 240 cm³/mol. The number of carbonyl (C=O) groups is 1. The number of fused-ring (bicyclic) bond motifs is 1. The van der Waals surface area contributed by atoms with Gasteiger partial charge in [0, 0.05) is 39.1 Å². The third-order valence-electron chi connectivity index (χ3n) is 14.5. The number of rotatable bonds is 11. The van der Waals surface area contributed by atoms with E-state index in [0.29, 0.717) is 37.0 Å². The number of cyclic esters (lactones) is 1. The fourth-order valence-electron chi connectivity index (χ4n) is 10.3. The van der Waals surface area contributed by atoms with E-state index in [2.05, 4.69) is 10.6 Å². The number of likely N-dealkylation sites (N-methyl/N-ethyl adjacent to an activating group) is 2. The van der Waals surface area contributed by atoms with Gasteiger partial charge < -0.3 is 73.9 Å². The van der Waals surface area contributed by atoms with E-state index in [4.69, 9.17) is 42.9 Å². The molecule has 0 bridgehead atoms. The molecule has 0 radical (unpaired) electrons. The molecule has 0 saturated carbocycles. The van der Waals surface area contributed by atoms with Crippen molar-refractivity contribution in [3.63, 3.8) is 0 Å². The summed E-state index contributed by atoms with van der Waals surface area (Å²) in [4.78, 5) is 21.3. The minimum absolute atomic E-state index is 0.0885. The molecule has 4 heterocycles. The molecule has 18 atom stereocenters. The van der Waals surface area contributed by atoms with Crippen molar-refractivity contribution in [1.82, 2.24) is 15.5 Å². The Hall–Kier alpha value is -2.68. The van der Waals surface area contributed by atoms with Gasteiger partial charge in [0.15, 0.2) is 18.7 Å². The van der Waals surface area contributed by atoms with Gasteiger partial charge in [-0.15, -0.1) is 0 Å². The number of aliphatic hydroxyl groups excluding tert-OH is 1. The number of ether oxygens (including phenoxy) is 8. The monoisotopic (exact) mass is 909 g/mol. The second kappa shape index (κ2) is 21.1. The molecule has 4 fully saturated rings. The lowest BCUT2D eigenvalue weighted by Gasteiger charge is -2.53. The van der Waals surface area contributed by atoms with E-state index in [-0.39, 0.29) is 43.9 Å². The molecule has 1 aromatic carbocycles. The van der Waals surface area contributed by atoms with Crippen molar-refractivity contribution in [1.29, 1.82) is 0 Å². The van der Waals surface area contributed by atoms with Crippen molar-refractivity contribution >= 4 is 17.7 Å². The summed E-state index contributed by atoms with van der Waals surface area (Å²) >= 11 is 0. The smallest absolute Gasteiger partial charge is 0.311 e. The number of hydrogen-bond donors (Lipinski definition) is 6. The molecule has 64 heavy (non-hydrogen) atoms. The van der Waals surface area contributed by atoms with Crippen LogP contribution < -0.4 is 15.4 Å². The molecule has 0 amide bonds. The molecule has 4 aliphatic heterocycles. The minimum atomic E-state index is -1.83. The highest BCUT2D eigenvalue weighted by atomic mass is 16.7. The number of nitrogens with one attached hydrogen (secondary N) is 2. The lowest BCUT2D eigenvalue weighted by molar-refractivity contribution is -0.335. The maximum atomic E-state index is 14.5. The van der Waals surface area contributed by atoms with E-state index < -0.39 is 95.5 Å². The number of benzene rings is 1. The molecule has 366 valence electrons. The number of hydrogen-bond acceptors (Lipinski definition) is 16. The number of aliphatic imine (C=N–C) groups is 1. The molecule has 17 nitrogen and oxygen atoms in total. The normalized spacial score (nSPS) is 44.6. The Morgan fingerprint density at radius 3 is 2.23 bits per heavy atom. The second-order valence-corrected chi connectivity index (χ2v) is 19.6. The van der Waals surface area contributed by atoms with E-state index in [9.17, 15) is 25.2 Å². The second-order valence-electron chi connectivity index (χ2n) is 19.6. The van der Waals surface area contributed by atoms with Crippen LogP contribution in [0.3, 0.4) is 0 Å². The predicted octanol–water partition coefficient (Wildman–Crippen LogP) is 3.64. The van der Waals surface area contributed by atoms with Gasteiger partial charge in [-0.2, -0.15) is 4.99 Å². The Kier molecular flexibility index (Phi) is 17.2. The van der Waals surface area contributed by atoms with Crippen LogP contribution in [0.2, 0.25) is 0 Å². The van der Waals surface area contributed by atoms with Crippen LogP contribution in [0, 0.1) is 17.8 Å². The van der Waals surface area contributed by atoms with Crippen LogP contribution in [0.4, 0.5) is 5.69 Å². The summed E-state index contributed by atoms with van der Waals surface area (Å²) in [5, 5.41) is 54.7. The van der Waals surface area contributed by atoms with Crippen LogP contribution in [0.5, 0.6) is 5.75 Å². The van der Waals surface area contributed by atoms with Crippen LogP contribution >= 0.6 is 0 Å². The summed E-state index contributed by atoms with van der Waals surface area (Å²) in [6.45, 7) is 20.9. The summed E-state index contributed by atoms with van der Waals surface area (Å²) in [6.07, 6.45) is -7.03. The van der Waals surface area contributed by atoms with Gasteiger partial charge in [-0.25, -0.2) is 0 Å². The van der Waals surface area contributed by atoms with Gasteiger partial charge in [-0.1, -0.05) is 27.7 Å².